The number of hydrogen-bond donors (Lipinski definition) is 1. The van der Waals surface area contributed by atoms with E-state index < -0.39 is 5.91 Å². The van der Waals surface area contributed by atoms with Crippen LogP contribution in [0.4, 0.5) is 0 Å². The van der Waals surface area contributed by atoms with Crippen LogP contribution in [0.1, 0.15) is 15.9 Å². The molecule has 3 nitrogen and oxygen atoms in total. The SMILES string of the molecule is O=C(N/N=C\c1cccc(Cl)c1Cl)c1ccc(Cl)cc1Cl. The Morgan fingerprint density at radius 3 is 2.52 bits per heavy atom. The van der Waals surface area contributed by atoms with E-state index in [1.54, 1.807) is 24.3 Å². The Bertz CT molecular complexity index is 716. The predicted octanol–water partition coefficient (Wildman–Crippen LogP) is 5.06. The van der Waals surface area contributed by atoms with Crippen molar-refractivity contribution < 1.29 is 4.79 Å². The molecule has 0 heterocycles. The molecule has 0 aliphatic carbocycles. The Morgan fingerprint density at radius 1 is 1.05 bits per heavy atom. The van der Waals surface area contributed by atoms with Gasteiger partial charge in [-0.15, -0.1) is 0 Å². The van der Waals surface area contributed by atoms with Gasteiger partial charge in [0.25, 0.3) is 5.91 Å². The van der Waals surface area contributed by atoms with Gasteiger partial charge in [0.2, 0.25) is 0 Å². The Morgan fingerprint density at radius 2 is 1.81 bits per heavy atom. The third kappa shape index (κ3) is 4.11. The van der Waals surface area contributed by atoms with Crippen LogP contribution in [0.15, 0.2) is 41.5 Å². The molecule has 0 saturated carbocycles. The summed E-state index contributed by atoms with van der Waals surface area (Å²) >= 11 is 23.6. The second-order valence-corrected chi connectivity index (χ2v) is 5.60. The lowest BCUT2D eigenvalue weighted by atomic mass is 10.2. The molecule has 1 amide bonds. The van der Waals surface area contributed by atoms with E-state index in [0.29, 0.717) is 20.6 Å². The number of nitrogens with zero attached hydrogens (tertiary/aromatic N) is 1. The number of carbonyl (C=O) groups excluding carboxylic acids is 1. The van der Waals surface area contributed by atoms with Crippen LogP contribution in [-0.2, 0) is 0 Å². The molecule has 0 aromatic heterocycles. The molecule has 108 valence electrons. The highest BCUT2D eigenvalue weighted by molar-refractivity contribution is 6.43. The first-order valence-electron chi connectivity index (χ1n) is 5.71. The fourth-order valence-electron chi connectivity index (χ4n) is 1.51. The zero-order valence-electron chi connectivity index (χ0n) is 10.4. The van der Waals surface area contributed by atoms with Crippen molar-refractivity contribution in [2.45, 2.75) is 0 Å². The van der Waals surface area contributed by atoms with Gasteiger partial charge in [-0.3, -0.25) is 4.79 Å². The maximum absolute atomic E-state index is 11.9. The van der Waals surface area contributed by atoms with Crippen molar-refractivity contribution in [3.05, 3.63) is 67.6 Å². The van der Waals surface area contributed by atoms with E-state index in [1.807, 2.05) is 0 Å². The number of rotatable bonds is 3. The van der Waals surface area contributed by atoms with Crippen molar-refractivity contribution in [2.75, 3.05) is 0 Å². The molecule has 0 fully saturated rings. The van der Waals surface area contributed by atoms with Crippen molar-refractivity contribution in [1.29, 1.82) is 0 Å². The summed E-state index contributed by atoms with van der Waals surface area (Å²) in [5, 5.41) is 5.29. The quantitative estimate of drug-likeness (QED) is 0.602. The smallest absolute Gasteiger partial charge is 0.267 e. The average Bonchev–Trinajstić information content (AvgIpc) is 2.43. The lowest BCUT2D eigenvalue weighted by Gasteiger charge is -2.03. The van der Waals surface area contributed by atoms with Gasteiger partial charge in [-0.05, 0) is 24.3 Å². The molecule has 1 N–H and O–H groups in total. The minimum atomic E-state index is -0.453. The van der Waals surface area contributed by atoms with E-state index in [4.69, 9.17) is 46.4 Å². The third-order valence-corrected chi connectivity index (χ3v) is 3.91. The first-order chi connectivity index (χ1) is 9.99. The summed E-state index contributed by atoms with van der Waals surface area (Å²) in [6.07, 6.45) is 1.40. The maximum atomic E-state index is 11.9. The van der Waals surface area contributed by atoms with Crippen molar-refractivity contribution in [1.82, 2.24) is 5.43 Å². The fraction of sp³-hybridized carbons (Fsp3) is 0. The van der Waals surface area contributed by atoms with Gasteiger partial charge in [0, 0.05) is 10.6 Å². The molecule has 0 bridgehead atoms. The number of amides is 1. The first kappa shape index (κ1) is 16.1. The van der Waals surface area contributed by atoms with Gasteiger partial charge in [0.1, 0.15) is 0 Å². The van der Waals surface area contributed by atoms with E-state index in [9.17, 15) is 4.79 Å². The number of carbonyl (C=O) groups is 1. The summed E-state index contributed by atoms with van der Waals surface area (Å²) in [7, 11) is 0. The molecule has 2 aromatic carbocycles. The highest BCUT2D eigenvalue weighted by Gasteiger charge is 2.09. The predicted molar refractivity (Wildman–Crippen MR) is 88.0 cm³/mol. The zero-order valence-corrected chi connectivity index (χ0v) is 13.4. The molecule has 7 heteroatoms. The van der Waals surface area contributed by atoms with E-state index in [2.05, 4.69) is 10.5 Å². The standard InChI is InChI=1S/C14H8Cl4N2O/c15-9-4-5-10(12(17)6-9)14(21)20-19-7-8-2-1-3-11(16)13(8)18/h1-7H,(H,20,21)/b19-7-. The van der Waals surface area contributed by atoms with Crippen molar-refractivity contribution in [2.24, 2.45) is 5.10 Å². The van der Waals surface area contributed by atoms with Gasteiger partial charge in [0.15, 0.2) is 0 Å². The molecular weight excluding hydrogens is 354 g/mol. The molecule has 21 heavy (non-hydrogen) atoms. The monoisotopic (exact) mass is 360 g/mol. The van der Waals surface area contributed by atoms with E-state index in [-0.39, 0.29) is 10.6 Å². The van der Waals surface area contributed by atoms with Crippen molar-refractivity contribution in [3.63, 3.8) is 0 Å². The van der Waals surface area contributed by atoms with Crippen molar-refractivity contribution >= 4 is 58.5 Å². The summed E-state index contributed by atoms with van der Waals surface area (Å²) in [6.45, 7) is 0. The number of nitrogens with one attached hydrogen (secondary N) is 1. The highest BCUT2D eigenvalue weighted by Crippen LogP contribution is 2.24. The molecule has 0 aliphatic rings. The van der Waals surface area contributed by atoms with Gasteiger partial charge in [0.05, 0.1) is 26.8 Å². The number of hydrazone groups is 1. The lowest BCUT2D eigenvalue weighted by molar-refractivity contribution is 0.0955. The average molecular weight is 362 g/mol. The van der Waals surface area contributed by atoms with Crippen LogP contribution in [0.5, 0.6) is 0 Å². The van der Waals surface area contributed by atoms with Gasteiger partial charge < -0.3 is 0 Å². The summed E-state index contributed by atoms with van der Waals surface area (Å²) in [6, 6.07) is 9.68. The molecule has 0 atom stereocenters. The Kier molecular flexibility index (Phi) is 5.48. The summed E-state index contributed by atoms with van der Waals surface area (Å²) in [4.78, 5) is 11.9. The minimum absolute atomic E-state index is 0.246. The molecule has 0 aliphatic heterocycles. The van der Waals surface area contributed by atoms with E-state index in [1.165, 1.54) is 18.3 Å². The molecule has 0 spiro atoms. The van der Waals surface area contributed by atoms with Gasteiger partial charge in [-0.1, -0.05) is 58.5 Å². The summed E-state index contributed by atoms with van der Waals surface area (Å²) in [5.41, 5.74) is 3.22. The van der Waals surface area contributed by atoms with Crippen LogP contribution in [0.2, 0.25) is 20.1 Å². The summed E-state index contributed by atoms with van der Waals surface area (Å²) in [5.74, 6) is -0.453. The van der Waals surface area contributed by atoms with Crippen LogP contribution >= 0.6 is 46.4 Å². The number of halogens is 4. The summed E-state index contributed by atoms with van der Waals surface area (Å²) < 4.78 is 0. The maximum Gasteiger partial charge on any atom is 0.272 e. The van der Waals surface area contributed by atoms with Crippen LogP contribution < -0.4 is 5.43 Å². The van der Waals surface area contributed by atoms with Crippen LogP contribution in [0, 0.1) is 0 Å². The molecule has 0 unspecified atom stereocenters. The molecule has 2 rings (SSSR count). The minimum Gasteiger partial charge on any atom is -0.267 e. The lowest BCUT2D eigenvalue weighted by Crippen LogP contribution is -2.18. The highest BCUT2D eigenvalue weighted by atomic mass is 35.5. The van der Waals surface area contributed by atoms with Gasteiger partial charge >= 0.3 is 0 Å². The van der Waals surface area contributed by atoms with E-state index >= 15 is 0 Å². The number of hydrogen-bond acceptors (Lipinski definition) is 2. The molecular formula is C14H8Cl4N2O. The van der Waals surface area contributed by atoms with E-state index in [0.717, 1.165) is 0 Å². The third-order valence-electron chi connectivity index (χ3n) is 2.53. The van der Waals surface area contributed by atoms with Crippen LogP contribution in [0.3, 0.4) is 0 Å². The Hall–Kier alpha value is -1.26. The first-order valence-corrected chi connectivity index (χ1v) is 7.22. The number of benzene rings is 2. The second kappa shape index (κ2) is 7.14. The second-order valence-electron chi connectivity index (χ2n) is 3.97. The molecule has 2 aromatic rings. The fourth-order valence-corrected chi connectivity index (χ4v) is 2.37. The Balaban J connectivity index is 2.10. The molecule has 0 saturated heterocycles. The van der Waals surface area contributed by atoms with Crippen LogP contribution in [-0.4, -0.2) is 12.1 Å². The normalized spacial score (nSPS) is 10.9. The Labute approximate surface area is 141 Å². The topological polar surface area (TPSA) is 41.5 Å². The van der Waals surface area contributed by atoms with Crippen LogP contribution in [0.25, 0.3) is 0 Å². The zero-order chi connectivity index (χ0) is 15.4. The largest absolute Gasteiger partial charge is 0.272 e. The van der Waals surface area contributed by atoms with Gasteiger partial charge in [-0.2, -0.15) is 5.10 Å². The molecule has 0 radical (unpaired) electrons. The van der Waals surface area contributed by atoms with Crippen molar-refractivity contribution in [3.8, 4) is 0 Å². The van der Waals surface area contributed by atoms with Gasteiger partial charge in [-0.25, -0.2) is 5.43 Å².